The number of halogens is 1. The molecule has 90 valence electrons. The molecule has 1 aromatic heterocycles. The van der Waals surface area contributed by atoms with E-state index in [-0.39, 0.29) is 0 Å². The highest BCUT2D eigenvalue weighted by Crippen LogP contribution is 2.33. The molecule has 1 aliphatic rings. The van der Waals surface area contributed by atoms with Gasteiger partial charge in [0.1, 0.15) is 16.9 Å². The maximum Gasteiger partial charge on any atom is 0.148 e. The fourth-order valence-corrected chi connectivity index (χ4v) is 2.59. The average Bonchev–Trinajstić information content (AvgIpc) is 2.71. The summed E-state index contributed by atoms with van der Waals surface area (Å²) in [5, 5.41) is 9.39. The highest BCUT2D eigenvalue weighted by molar-refractivity contribution is 6.34. The number of hydrogen-bond donors (Lipinski definition) is 1. The van der Waals surface area contributed by atoms with Gasteiger partial charge in [-0.1, -0.05) is 11.6 Å². The van der Waals surface area contributed by atoms with E-state index in [4.69, 9.17) is 22.6 Å². The number of nitrogens with zero attached hydrogens (tertiary/aromatic N) is 3. The number of anilines is 1. The van der Waals surface area contributed by atoms with Gasteiger partial charge in [0, 0.05) is 18.8 Å². The van der Waals surface area contributed by atoms with E-state index in [1.807, 2.05) is 0 Å². The van der Waals surface area contributed by atoms with E-state index in [9.17, 15) is 0 Å². The number of aromatic nitrogens is 1. The summed E-state index contributed by atoms with van der Waals surface area (Å²) in [4.78, 5) is 6.43. The summed E-state index contributed by atoms with van der Waals surface area (Å²) in [6.45, 7) is 3.67. The van der Waals surface area contributed by atoms with Crippen molar-refractivity contribution >= 4 is 17.4 Å². The summed E-state index contributed by atoms with van der Waals surface area (Å²) in [6.07, 6.45) is 2.67. The Labute approximate surface area is 106 Å². The van der Waals surface area contributed by atoms with Crippen molar-refractivity contribution in [3.63, 3.8) is 0 Å². The van der Waals surface area contributed by atoms with Crippen LogP contribution in [0.5, 0.6) is 0 Å². The Hall–Kier alpha value is -1.31. The maximum absolute atomic E-state index is 8.95. The molecule has 2 N–H and O–H groups in total. The molecule has 1 aromatic rings. The molecule has 2 atom stereocenters. The lowest BCUT2D eigenvalue weighted by atomic mass is 10.1. The number of nitrogens with two attached hydrogens (primary N) is 1. The van der Waals surface area contributed by atoms with Crippen LogP contribution in [-0.4, -0.2) is 24.1 Å². The van der Waals surface area contributed by atoms with Gasteiger partial charge >= 0.3 is 0 Å². The van der Waals surface area contributed by atoms with E-state index in [2.05, 4.69) is 22.9 Å². The van der Waals surface area contributed by atoms with Crippen LogP contribution >= 0.6 is 11.6 Å². The zero-order valence-electron chi connectivity index (χ0n) is 9.73. The van der Waals surface area contributed by atoms with Gasteiger partial charge in [0.2, 0.25) is 0 Å². The van der Waals surface area contributed by atoms with Crippen LogP contribution < -0.4 is 10.6 Å². The summed E-state index contributed by atoms with van der Waals surface area (Å²) >= 11 is 6.19. The van der Waals surface area contributed by atoms with Crippen LogP contribution in [0, 0.1) is 17.2 Å². The van der Waals surface area contributed by atoms with Crippen molar-refractivity contribution in [2.24, 2.45) is 11.7 Å². The van der Waals surface area contributed by atoms with Crippen molar-refractivity contribution in [1.29, 1.82) is 5.26 Å². The summed E-state index contributed by atoms with van der Waals surface area (Å²) in [5.74, 6) is 1.18. The third-order valence-corrected chi connectivity index (χ3v) is 3.63. The summed E-state index contributed by atoms with van der Waals surface area (Å²) in [5.41, 5.74) is 6.17. The second-order valence-electron chi connectivity index (χ2n) is 4.45. The molecule has 0 saturated carbocycles. The Morgan fingerprint density at radius 1 is 1.71 bits per heavy atom. The van der Waals surface area contributed by atoms with E-state index in [0.29, 0.717) is 34.9 Å². The third kappa shape index (κ3) is 2.21. The molecule has 5 heteroatoms. The van der Waals surface area contributed by atoms with Crippen LogP contribution in [0.15, 0.2) is 12.3 Å². The fraction of sp³-hybridized carbons (Fsp3) is 0.500. The first-order chi connectivity index (χ1) is 8.17. The summed E-state index contributed by atoms with van der Waals surface area (Å²) in [6, 6.07) is 4.07. The minimum atomic E-state index is 0.363. The minimum absolute atomic E-state index is 0.363. The first-order valence-corrected chi connectivity index (χ1v) is 6.06. The second-order valence-corrected chi connectivity index (χ2v) is 4.82. The zero-order chi connectivity index (χ0) is 12.4. The summed E-state index contributed by atoms with van der Waals surface area (Å²) in [7, 11) is 0. The van der Waals surface area contributed by atoms with Crippen LogP contribution in [0.25, 0.3) is 0 Å². The molecule has 0 aliphatic carbocycles. The molecule has 0 radical (unpaired) electrons. The maximum atomic E-state index is 8.95. The van der Waals surface area contributed by atoms with Gasteiger partial charge in [0.15, 0.2) is 0 Å². The molecule has 1 aliphatic heterocycles. The van der Waals surface area contributed by atoms with Gasteiger partial charge in [-0.05, 0) is 31.9 Å². The van der Waals surface area contributed by atoms with Crippen molar-refractivity contribution in [2.45, 2.75) is 19.4 Å². The van der Waals surface area contributed by atoms with E-state index in [1.165, 1.54) is 0 Å². The van der Waals surface area contributed by atoms with E-state index >= 15 is 0 Å². The van der Waals surface area contributed by atoms with Crippen LogP contribution in [0.2, 0.25) is 5.02 Å². The molecule has 2 unspecified atom stereocenters. The van der Waals surface area contributed by atoms with E-state index in [0.717, 1.165) is 13.0 Å². The Balaban J connectivity index is 2.32. The van der Waals surface area contributed by atoms with Gasteiger partial charge in [-0.15, -0.1) is 0 Å². The molecule has 0 amide bonds. The molecule has 2 rings (SSSR count). The van der Waals surface area contributed by atoms with Crippen molar-refractivity contribution in [3.8, 4) is 6.07 Å². The van der Waals surface area contributed by atoms with E-state index in [1.54, 1.807) is 12.3 Å². The predicted molar refractivity (Wildman–Crippen MR) is 67.9 cm³/mol. The topological polar surface area (TPSA) is 65.9 Å². The molecule has 0 aromatic carbocycles. The van der Waals surface area contributed by atoms with Crippen LogP contribution in [0.3, 0.4) is 0 Å². The largest absolute Gasteiger partial charge is 0.352 e. The second kappa shape index (κ2) is 4.91. The van der Waals surface area contributed by atoms with Gasteiger partial charge in [-0.2, -0.15) is 5.26 Å². The standard InChI is InChI=1S/C12H15ClN4/c1-8-4-9(5-14)7-17(8)12-11(13)10(6-15)2-3-16-12/h2-3,8-9H,4-5,7,14H2,1H3. The molecule has 4 nitrogen and oxygen atoms in total. The number of hydrogen-bond acceptors (Lipinski definition) is 4. The van der Waals surface area contributed by atoms with Crippen molar-refractivity contribution in [1.82, 2.24) is 4.98 Å². The van der Waals surface area contributed by atoms with Gasteiger partial charge in [-0.3, -0.25) is 0 Å². The number of pyridine rings is 1. The highest BCUT2D eigenvalue weighted by Gasteiger charge is 2.30. The normalized spacial score (nSPS) is 23.8. The predicted octanol–water partition coefficient (Wildman–Crippen LogP) is 1.78. The highest BCUT2D eigenvalue weighted by atomic mass is 35.5. The molecular weight excluding hydrogens is 236 g/mol. The molecule has 2 heterocycles. The van der Waals surface area contributed by atoms with Gasteiger partial charge in [0.25, 0.3) is 0 Å². The lowest BCUT2D eigenvalue weighted by Crippen LogP contribution is -2.28. The SMILES string of the molecule is CC1CC(CN)CN1c1nccc(C#N)c1Cl. The number of nitriles is 1. The van der Waals surface area contributed by atoms with Crippen LogP contribution in [-0.2, 0) is 0 Å². The Morgan fingerprint density at radius 3 is 3.06 bits per heavy atom. The molecular formula is C12H15ClN4. The van der Waals surface area contributed by atoms with Crippen molar-refractivity contribution < 1.29 is 0 Å². The fourth-order valence-electron chi connectivity index (χ4n) is 2.33. The average molecular weight is 251 g/mol. The van der Waals surface area contributed by atoms with Crippen molar-refractivity contribution in [2.75, 3.05) is 18.0 Å². The molecule has 0 spiro atoms. The lowest BCUT2D eigenvalue weighted by Gasteiger charge is -2.23. The van der Waals surface area contributed by atoms with Gasteiger partial charge in [0.05, 0.1) is 5.56 Å². The molecule has 1 fully saturated rings. The monoisotopic (exact) mass is 250 g/mol. The molecule has 0 bridgehead atoms. The first kappa shape index (κ1) is 12.2. The van der Waals surface area contributed by atoms with Crippen LogP contribution in [0.1, 0.15) is 18.9 Å². The minimum Gasteiger partial charge on any atom is -0.352 e. The molecule has 1 saturated heterocycles. The van der Waals surface area contributed by atoms with Crippen LogP contribution in [0.4, 0.5) is 5.82 Å². The Morgan fingerprint density at radius 2 is 2.47 bits per heavy atom. The van der Waals surface area contributed by atoms with Gasteiger partial charge in [-0.25, -0.2) is 4.98 Å². The smallest absolute Gasteiger partial charge is 0.148 e. The van der Waals surface area contributed by atoms with Gasteiger partial charge < -0.3 is 10.6 Å². The number of rotatable bonds is 2. The zero-order valence-corrected chi connectivity index (χ0v) is 10.5. The lowest BCUT2D eigenvalue weighted by molar-refractivity contribution is 0.579. The van der Waals surface area contributed by atoms with Crippen molar-refractivity contribution in [3.05, 3.63) is 22.8 Å². The first-order valence-electron chi connectivity index (χ1n) is 5.68. The Bertz CT molecular complexity index is 454. The Kier molecular flexibility index (Phi) is 3.51. The summed E-state index contributed by atoms with van der Waals surface area (Å²) < 4.78 is 0. The molecule has 17 heavy (non-hydrogen) atoms. The van der Waals surface area contributed by atoms with E-state index < -0.39 is 0 Å². The third-order valence-electron chi connectivity index (χ3n) is 3.26. The quantitative estimate of drug-likeness (QED) is 0.869.